The fraction of sp³-hybridized carbons (Fsp3) is 1.00. The molecule has 8 heteroatoms. The summed E-state index contributed by atoms with van der Waals surface area (Å²) in [6.45, 7) is -2.78. The summed E-state index contributed by atoms with van der Waals surface area (Å²) in [6.07, 6.45) is 0. The number of aliphatic hydroxyl groups excluding tert-OH is 3. The SMILES string of the molecule is O=P([O-])([O-])OCC(CO)(CO)CO. The zero-order valence-corrected chi connectivity index (χ0v) is 7.64. The summed E-state index contributed by atoms with van der Waals surface area (Å²) in [5.41, 5.74) is -1.50. The van der Waals surface area contributed by atoms with Crippen LogP contribution in [0.25, 0.3) is 0 Å². The second-order valence-electron chi connectivity index (χ2n) is 2.69. The first kappa shape index (κ1) is 13.0. The van der Waals surface area contributed by atoms with Gasteiger partial charge in [0, 0.05) is 0 Å². The highest BCUT2D eigenvalue weighted by Gasteiger charge is 2.28. The highest BCUT2D eigenvalue weighted by Crippen LogP contribution is 2.29. The highest BCUT2D eigenvalue weighted by atomic mass is 31.2. The first-order valence-corrected chi connectivity index (χ1v) is 4.84. The molecule has 0 aromatic carbocycles. The molecule has 80 valence electrons. The normalized spacial score (nSPS) is 13.3. The third kappa shape index (κ3) is 4.68. The van der Waals surface area contributed by atoms with E-state index in [0.29, 0.717) is 0 Å². The van der Waals surface area contributed by atoms with Crippen molar-refractivity contribution < 1.29 is 34.2 Å². The summed E-state index contributed by atoms with van der Waals surface area (Å²) in [7, 11) is -5.14. The van der Waals surface area contributed by atoms with Gasteiger partial charge in [-0.3, -0.25) is 0 Å². The monoisotopic (exact) mass is 214 g/mol. The standard InChI is InChI=1S/C5H13O7P/c6-1-5(2-7,3-8)4-12-13(9,10)11/h6-8H,1-4H2,(H2,9,10,11)/p-2. The Morgan fingerprint density at radius 3 is 1.77 bits per heavy atom. The van der Waals surface area contributed by atoms with Gasteiger partial charge in [-0.1, -0.05) is 0 Å². The molecule has 0 fully saturated rings. The first-order valence-electron chi connectivity index (χ1n) is 3.38. The lowest BCUT2D eigenvalue weighted by Gasteiger charge is -2.34. The van der Waals surface area contributed by atoms with Gasteiger partial charge in [-0.15, -0.1) is 0 Å². The van der Waals surface area contributed by atoms with E-state index in [1.165, 1.54) is 0 Å². The summed E-state index contributed by atoms with van der Waals surface area (Å²) < 4.78 is 13.9. The van der Waals surface area contributed by atoms with Crippen molar-refractivity contribution in [2.45, 2.75) is 0 Å². The summed E-state index contributed by atoms with van der Waals surface area (Å²) in [6, 6.07) is 0. The van der Waals surface area contributed by atoms with Crippen LogP contribution in [0.5, 0.6) is 0 Å². The van der Waals surface area contributed by atoms with Crippen LogP contribution in [-0.2, 0) is 9.09 Å². The maximum Gasteiger partial charge on any atom is 0.0641 e. The molecule has 0 heterocycles. The van der Waals surface area contributed by atoms with Crippen molar-refractivity contribution in [2.75, 3.05) is 26.4 Å². The number of hydrogen-bond acceptors (Lipinski definition) is 7. The largest absolute Gasteiger partial charge is 0.790 e. The Hall–Kier alpha value is -0.0100. The Morgan fingerprint density at radius 2 is 1.54 bits per heavy atom. The third-order valence-corrected chi connectivity index (χ3v) is 1.98. The number of aliphatic hydroxyl groups is 3. The lowest BCUT2D eigenvalue weighted by atomic mass is 9.93. The van der Waals surface area contributed by atoms with E-state index >= 15 is 0 Å². The molecule has 0 aliphatic rings. The molecule has 0 atom stereocenters. The summed E-state index contributed by atoms with van der Waals surface area (Å²) >= 11 is 0. The van der Waals surface area contributed by atoms with Crippen LogP contribution in [0.4, 0.5) is 0 Å². The number of hydrogen-bond donors (Lipinski definition) is 3. The van der Waals surface area contributed by atoms with Crippen LogP contribution in [0, 0.1) is 5.41 Å². The molecule has 0 saturated heterocycles. The Morgan fingerprint density at radius 1 is 1.15 bits per heavy atom. The molecule has 0 amide bonds. The van der Waals surface area contributed by atoms with Crippen LogP contribution in [0.1, 0.15) is 0 Å². The molecule has 3 N–H and O–H groups in total. The Kier molecular flexibility index (Phi) is 5.01. The molecule has 0 unspecified atom stereocenters. The van der Waals surface area contributed by atoms with Crippen LogP contribution in [0.3, 0.4) is 0 Å². The lowest BCUT2D eigenvalue weighted by Crippen LogP contribution is -2.39. The summed E-state index contributed by atoms with van der Waals surface area (Å²) in [5, 5.41) is 26.0. The van der Waals surface area contributed by atoms with Crippen LogP contribution in [0.2, 0.25) is 0 Å². The van der Waals surface area contributed by atoms with Crippen LogP contribution < -0.4 is 9.79 Å². The van der Waals surface area contributed by atoms with Crippen molar-refractivity contribution in [3.05, 3.63) is 0 Å². The Labute approximate surface area is 74.8 Å². The number of phosphoric acid groups is 1. The van der Waals surface area contributed by atoms with E-state index < -0.39 is 39.7 Å². The smallest absolute Gasteiger partial charge is 0.0641 e. The van der Waals surface area contributed by atoms with Gasteiger partial charge in [0.25, 0.3) is 0 Å². The fourth-order valence-electron chi connectivity index (χ4n) is 0.503. The lowest BCUT2D eigenvalue weighted by molar-refractivity contribution is -0.343. The second kappa shape index (κ2) is 5.02. The van der Waals surface area contributed by atoms with Gasteiger partial charge in [0.2, 0.25) is 0 Å². The molecule has 0 bridgehead atoms. The minimum Gasteiger partial charge on any atom is -0.790 e. The molecule has 0 aliphatic carbocycles. The average molecular weight is 214 g/mol. The molecule has 0 rings (SSSR count). The molecule has 7 nitrogen and oxygen atoms in total. The van der Waals surface area contributed by atoms with Crippen LogP contribution in [0.15, 0.2) is 0 Å². The van der Waals surface area contributed by atoms with Crippen molar-refractivity contribution in [3.63, 3.8) is 0 Å². The van der Waals surface area contributed by atoms with Crippen LogP contribution in [-0.4, -0.2) is 41.7 Å². The van der Waals surface area contributed by atoms with E-state index in [1.807, 2.05) is 0 Å². The highest BCUT2D eigenvalue weighted by molar-refractivity contribution is 7.43. The molecule has 0 radical (unpaired) electrons. The summed E-state index contributed by atoms with van der Waals surface area (Å²) in [4.78, 5) is 20.1. The number of rotatable bonds is 6. The second-order valence-corrected chi connectivity index (χ2v) is 3.85. The van der Waals surface area contributed by atoms with E-state index in [-0.39, 0.29) is 0 Å². The Balaban J connectivity index is 4.19. The van der Waals surface area contributed by atoms with Crippen LogP contribution >= 0.6 is 7.82 Å². The minimum absolute atomic E-state index is 0.681. The van der Waals surface area contributed by atoms with Gasteiger partial charge in [0.05, 0.1) is 39.7 Å². The van der Waals surface area contributed by atoms with Gasteiger partial charge in [0.15, 0.2) is 0 Å². The molecule has 0 saturated carbocycles. The average Bonchev–Trinajstić information content (AvgIpc) is 2.06. The van der Waals surface area contributed by atoms with Crippen molar-refractivity contribution in [3.8, 4) is 0 Å². The zero-order valence-electron chi connectivity index (χ0n) is 6.75. The van der Waals surface area contributed by atoms with E-state index in [4.69, 9.17) is 15.3 Å². The van der Waals surface area contributed by atoms with Crippen molar-refractivity contribution >= 4 is 7.82 Å². The van der Waals surface area contributed by atoms with Crippen molar-refractivity contribution in [1.29, 1.82) is 0 Å². The molecule has 13 heavy (non-hydrogen) atoms. The zero-order chi connectivity index (χ0) is 10.5. The van der Waals surface area contributed by atoms with E-state index in [2.05, 4.69) is 4.52 Å². The van der Waals surface area contributed by atoms with E-state index in [9.17, 15) is 14.4 Å². The maximum atomic E-state index is 10.0. The predicted octanol–water partition coefficient (Wildman–Crippen LogP) is -3.20. The van der Waals surface area contributed by atoms with Gasteiger partial charge in [-0.2, -0.15) is 0 Å². The minimum atomic E-state index is -5.14. The fourth-order valence-corrected chi connectivity index (χ4v) is 0.935. The quantitative estimate of drug-likeness (QED) is 0.396. The van der Waals surface area contributed by atoms with Gasteiger partial charge in [0.1, 0.15) is 0 Å². The number of phosphoric ester groups is 1. The topological polar surface area (TPSA) is 133 Å². The molecule has 0 aromatic heterocycles. The predicted molar refractivity (Wildman–Crippen MR) is 37.2 cm³/mol. The summed E-state index contributed by atoms with van der Waals surface area (Å²) in [5.74, 6) is 0. The molecular formula is C5H11O7P-2. The van der Waals surface area contributed by atoms with Gasteiger partial charge >= 0.3 is 0 Å². The molecular weight excluding hydrogens is 203 g/mol. The van der Waals surface area contributed by atoms with Crippen molar-refractivity contribution in [2.24, 2.45) is 5.41 Å². The maximum absolute atomic E-state index is 10.0. The van der Waals surface area contributed by atoms with Gasteiger partial charge in [-0.05, 0) is 0 Å². The molecule has 0 aliphatic heterocycles. The Bertz CT molecular complexity index is 175. The van der Waals surface area contributed by atoms with E-state index in [0.717, 1.165) is 0 Å². The molecule has 0 spiro atoms. The van der Waals surface area contributed by atoms with Crippen molar-refractivity contribution in [1.82, 2.24) is 0 Å². The van der Waals surface area contributed by atoms with Gasteiger partial charge in [-0.25, -0.2) is 0 Å². The first-order chi connectivity index (χ1) is 5.89. The third-order valence-electron chi connectivity index (χ3n) is 1.54. The van der Waals surface area contributed by atoms with Gasteiger partial charge < -0.3 is 34.2 Å². The van der Waals surface area contributed by atoms with E-state index in [1.54, 1.807) is 0 Å². The molecule has 0 aromatic rings.